The van der Waals surface area contributed by atoms with Crippen LogP contribution in [-0.2, 0) is 25.2 Å². The van der Waals surface area contributed by atoms with E-state index in [9.17, 15) is 14.3 Å². The normalized spacial score (nSPS) is 18.4. The number of hydrogen-bond donors (Lipinski definition) is 2. The van der Waals surface area contributed by atoms with Gasteiger partial charge in [-0.05, 0) is 51.0 Å². The van der Waals surface area contributed by atoms with Crippen molar-refractivity contribution in [1.29, 1.82) is 0 Å². The highest BCUT2D eigenvalue weighted by molar-refractivity contribution is 7.47. The summed E-state index contributed by atoms with van der Waals surface area (Å²) in [6.07, 6.45) is 9.59. The van der Waals surface area contributed by atoms with Crippen molar-refractivity contribution < 1.29 is 32.6 Å². The molecule has 15 heteroatoms. The maximum atomic E-state index is 13.1. The Morgan fingerprint density at radius 3 is 2.90 bits per heavy atom. The molecule has 2 N–H and O–H groups in total. The van der Waals surface area contributed by atoms with Crippen LogP contribution in [0.1, 0.15) is 43.3 Å². The third-order valence-corrected chi connectivity index (χ3v) is 6.83. The fourth-order valence-corrected chi connectivity index (χ4v) is 4.64. The molecule has 0 saturated heterocycles. The number of oxime groups is 1. The highest BCUT2D eigenvalue weighted by atomic mass is 31.2. The molecule has 1 saturated carbocycles. The number of anilines is 1. The molecule has 1 aliphatic rings. The Kier molecular flexibility index (Phi) is 8.21. The van der Waals surface area contributed by atoms with Crippen LogP contribution in [0.5, 0.6) is 0 Å². The van der Waals surface area contributed by atoms with E-state index in [0.29, 0.717) is 35.0 Å². The van der Waals surface area contributed by atoms with E-state index in [1.807, 2.05) is 29.8 Å². The molecule has 0 radical (unpaired) electrons. The van der Waals surface area contributed by atoms with Crippen LogP contribution in [0, 0.1) is 0 Å². The number of nitrogens with one attached hydrogen (secondary N) is 1. The first-order valence-corrected chi connectivity index (χ1v) is 14.0. The minimum absolute atomic E-state index is 0.0736. The molecule has 1 unspecified atom stereocenters. The maximum absolute atomic E-state index is 13.1. The van der Waals surface area contributed by atoms with Gasteiger partial charge in [-0.25, -0.2) is 9.25 Å². The first-order valence-electron chi connectivity index (χ1n) is 12.6. The minimum Gasteiger partial charge on any atom is -0.451 e. The standard InChI is InChI=1S/C25H28N7O7P/c1-3-28-39-40(34,35)37-16-31-14-17(13-27-31)22-8-9-23(38-22)25(33)29-21-15-32(18-11-19(12-18)36-4-2)30-24(21)20-7-5-6-10-26-20/h3,5-10,13-15,18-19H,4,11-12,16H2,1-2H3,(H,29,33)(H,34,35)/b28-3+. The van der Waals surface area contributed by atoms with E-state index in [1.54, 1.807) is 24.5 Å². The molecule has 4 aromatic heterocycles. The van der Waals surface area contributed by atoms with Crippen molar-refractivity contribution in [3.05, 3.63) is 60.9 Å². The average molecular weight is 570 g/mol. The molecule has 1 aliphatic carbocycles. The SMILES string of the molecule is C/C=N/OP(=O)(O)OCn1cc(-c2ccc(C(=O)Nc3cn(C4CC(OCC)C4)nc3-c3ccccn3)o2)cn1. The number of carbonyl (C=O) groups excluding carboxylic acids is 1. The number of amides is 1. The zero-order valence-corrected chi connectivity index (χ0v) is 22.7. The van der Waals surface area contributed by atoms with E-state index < -0.39 is 13.7 Å². The highest BCUT2D eigenvalue weighted by Gasteiger charge is 2.33. The van der Waals surface area contributed by atoms with Crippen LogP contribution >= 0.6 is 7.82 Å². The van der Waals surface area contributed by atoms with E-state index in [-0.39, 0.29) is 24.6 Å². The Morgan fingerprint density at radius 2 is 2.15 bits per heavy atom. The largest absolute Gasteiger partial charge is 0.549 e. The quantitative estimate of drug-likeness (QED) is 0.141. The Morgan fingerprint density at radius 1 is 1.30 bits per heavy atom. The van der Waals surface area contributed by atoms with Crippen LogP contribution in [0.2, 0.25) is 0 Å². The number of carbonyl (C=O) groups is 1. The van der Waals surface area contributed by atoms with Crippen LogP contribution in [0.15, 0.2) is 64.7 Å². The van der Waals surface area contributed by atoms with Crippen molar-refractivity contribution in [3.63, 3.8) is 0 Å². The van der Waals surface area contributed by atoms with Gasteiger partial charge in [0.1, 0.15) is 11.5 Å². The fourth-order valence-electron chi connectivity index (χ4n) is 4.11. The summed E-state index contributed by atoms with van der Waals surface area (Å²) < 4.78 is 35.5. The third-order valence-electron chi connectivity index (χ3n) is 6.09. The van der Waals surface area contributed by atoms with E-state index >= 15 is 0 Å². The second kappa shape index (κ2) is 12.0. The molecular weight excluding hydrogens is 541 g/mol. The first kappa shape index (κ1) is 27.5. The predicted molar refractivity (Wildman–Crippen MR) is 143 cm³/mol. The van der Waals surface area contributed by atoms with Crippen molar-refractivity contribution in [2.45, 2.75) is 45.6 Å². The lowest BCUT2D eigenvalue weighted by atomic mass is 9.89. The molecule has 1 amide bonds. The minimum atomic E-state index is -4.37. The summed E-state index contributed by atoms with van der Waals surface area (Å²) >= 11 is 0. The molecule has 5 rings (SSSR count). The molecule has 0 bridgehead atoms. The molecule has 14 nitrogen and oxygen atoms in total. The van der Waals surface area contributed by atoms with Gasteiger partial charge in [0.05, 0.1) is 35.3 Å². The van der Waals surface area contributed by atoms with E-state index in [0.717, 1.165) is 12.8 Å². The lowest BCUT2D eigenvalue weighted by Crippen LogP contribution is -2.33. The number of nitrogens with zero attached hydrogens (tertiary/aromatic N) is 6. The summed E-state index contributed by atoms with van der Waals surface area (Å²) in [5, 5.41) is 14.9. The Bertz CT molecular complexity index is 1530. The van der Waals surface area contributed by atoms with Crippen LogP contribution in [0.4, 0.5) is 5.69 Å². The Balaban J connectivity index is 1.28. The zero-order chi connectivity index (χ0) is 28.1. The van der Waals surface area contributed by atoms with Crippen molar-refractivity contribution in [2.24, 2.45) is 5.16 Å². The second-order valence-corrected chi connectivity index (χ2v) is 10.2. The predicted octanol–water partition coefficient (Wildman–Crippen LogP) is 4.49. The van der Waals surface area contributed by atoms with E-state index in [4.69, 9.17) is 18.8 Å². The number of furan rings is 1. The molecule has 0 aromatic carbocycles. The second-order valence-electron chi connectivity index (χ2n) is 8.85. The summed E-state index contributed by atoms with van der Waals surface area (Å²) in [4.78, 5) is 27.1. The molecule has 4 aromatic rings. The highest BCUT2D eigenvalue weighted by Crippen LogP contribution is 2.43. The van der Waals surface area contributed by atoms with Crippen LogP contribution in [0.3, 0.4) is 0 Å². The van der Waals surface area contributed by atoms with Gasteiger partial charge in [0.25, 0.3) is 5.91 Å². The van der Waals surface area contributed by atoms with Crippen molar-refractivity contribution in [3.8, 4) is 22.7 Å². The van der Waals surface area contributed by atoms with Gasteiger partial charge in [0, 0.05) is 31.4 Å². The first-order chi connectivity index (χ1) is 19.3. The molecular formula is C25H28N7O7P. The van der Waals surface area contributed by atoms with Gasteiger partial charge < -0.3 is 14.5 Å². The maximum Gasteiger partial charge on any atom is 0.549 e. The topological polar surface area (TPSA) is 168 Å². The molecule has 4 heterocycles. The monoisotopic (exact) mass is 569 g/mol. The summed E-state index contributed by atoms with van der Waals surface area (Å²) in [6, 6.07) is 8.84. The van der Waals surface area contributed by atoms with Crippen molar-refractivity contribution in [2.75, 3.05) is 11.9 Å². The molecule has 1 fully saturated rings. The summed E-state index contributed by atoms with van der Waals surface area (Å²) in [7, 11) is -4.37. The van der Waals surface area contributed by atoms with Crippen LogP contribution in [-0.4, -0.2) is 54.3 Å². The molecule has 1 atom stereocenters. The van der Waals surface area contributed by atoms with Gasteiger partial charge in [-0.2, -0.15) is 10.2 Å². The Hall–Kier alpha value is -4.10. The average Bonchev–Trinajstić information content (AvgIpc) is 3.69. The molecule has 0 aliphatic heterocycles. The van der Waals surface area contributed by atoms with Gasteiger partial charge in [-0.1, -0.05) is 11.2 Å². The van der Waals surface area contributed by atoms with Gasteiger partial charge in [0.2, 0.25) is 0 Å². The van der Waals surface area contributed by atoms with Crippen LogP contribution in [0.25, 0.3) is 22.7 Å². The lowest BCUT2D eigenvalue weighted by molar-refractivity contribution is -0.0226. The van der Waals surface area contributed by atoms with Gasteiger partial charge >= 0.3 is 7.82 Å². The molecule has 210 valence electrons. The summed E-state index contributed by atoms with van der Waals surface area (Å²) in [6.45, 7) is 3.81. The fraction of sp³-hybridized carbons (Fsp3) is 0.320. The number of hydrogen-bond acceptors (Lipinski definition) is 10. The smallest absolute Gasteiger partial charge is 0.451 e. The number of ether oxygens (including phenoxy) is 1. The summed E-state index contributed by atoms with van der Waals surface area (Å²) in [5.74, 6) is -0.0219. The third kappa shape index (κ3) is 6.37. The molecule has 0 spiro atoms. The zero-order valence-electron chi connectivity index (χ0n) is 21.8. The van der Waals surface area contributed by atoms with Crippen molar-refractivity contribution in [1.82, 2.24) is 24.5 Å². The van der Waals surface area contributed by atoms with Crippen molar-refractivity contribution >= 4 is 25.6 Å². The van der Waals surface area contributed by atoms with Gasteiger partial charge in [-0.15, -0.1) is 0 Å². The number of aromatic nitrogens is 5. The van der Waals surface area contributed by atoms with Gasteiger partial charge in [-0.3, -0.25) is 28.5 Å². The number of pyridine rings is 1. The molecule has 40 heavy (non-hydrogen) atoms. The number of phosphoric acid groups is 1. The number of rotatable bonds is 12. The Labute approximate surface area is 229 Å². The van der Waals surface area contributed by atoms with E-state index in [2.05, 4.69) is 25.2 Å². The lowest BCUT2D eigenvalue weighted by Gasteiger charge is -2.34. The van der Waals surface area contributed by atoms with Gasteiger partial charge in [0.15, 0.2) is 12.5 Å². The van der Waals surface area contributed by atoms with Crippen LogP contribution < -0.4 is 5.32 Å². The van der Waals surface area contributed by atoms with E-state index in [1.165, 1.54) is 30.2 Å². The number of phosphoric ester groups is 1. The summed E-state index contributed by atoms with van der Waals surface area (Å²) in [5.41, 5.74) is 2.22.